The third-order valence-electron chi connectivity index (χ3n) is 3.80. The zero-order valence-electron chi connectivity index (χ0n) is 15.6. The molecule has 1 amide bonds. The van der Waals surface area contributed by atoms with E-state index >= 15 is 0 Å². The van der Waals surface area contributed by atoms with Crippen molar-refractivity contribution in [3.05, 3.63) is 35.9 Å². The molecule has 2 atom stereocenters. The lowest BCUT2D eigenvalue weighted by atomic mass is 10.1. The average molecular weight is 351 g/mol. The van der Waals surface area contributed by atoms with Crippen molar-refractivity contribution in [3.63, 3.8) is 0 Å². The van der Waals surface area contributed by atoms with E-state index in [0.29, 0.717) is 26.3 Å². The van der Waals surface area contributed by atoms with Gasteiger partial charge in [0.15, 0.2) is 0 Å². The van der Waals surface area contributed by atoms with E-state index in [1.165, 1.54) is 0 Å². The molecule has 0 N–H and O–H groups in total. The smallest absolute Gasteiger partial charge is 0.410 e. The maximum absolute atomic E-state index is 12.4. The van der Waals surface area contributed by atoms with Gasteiger partial charge in [-0.3, -0.25) is 0 Å². The molecule has 6 nitrogen and oxygen atoms in total. The van der Waals surface area contributed by atoms with Crippen LogP contribution in [-0.4, -0.2) is 62.2 Å². The number of hydrogen-bond acceptors (Lipinski definition) is 5. The second-order valence-corrected chi connectivity index (χ2v) is 7.12. The Morgan fingerprint density at radius 2 is 1.80 bits per heavy atom. The summed E-state index contributed by atoms with van der Waals surface area (Å²) in [6.45, 7) is 8.15. The van der Waals surface area contributed by atoms with Crippen LogP contribution >= 0.6 is 0 Å². The summed E-state index contributed by atoms with van der Waals surface area (Å²) >= 11 is 0. The van der Waals surface area contributed by atoms with E-state index in [0.717, 1.165) is 5.56 Å². The molecule has 2 rings (SSSR count). The van der Waals surface area contributed by atoms with Gasteiger partial charge in [-0.1, -0.05) is 30.3 Å². The number of methoxy groups -OCH3 is 1. The molecule has 1 aliphatic heterocycles. The number of carbonyl (C=O) groups is 1. The number of hydrogen-bond donors (Lipinski definition) is 0. The highest BCUT2D eigenvalue weighted by atomic mass is 16.6. The third kappa shape index (κ3) is 6.65. The fraction of sp³-hybridized carbons (Fsp3) is 0.632. The van der Waals surface area contributed by atoms with E-state index in [2.05, 4.69) is 0 Å². The molecular formula is C19H29NO5. The van der Waals surface area contributed by atoms with Crippen molar-refractivity contribution in [2.45, 2.75) is 45.2 Å². The number of benzene rings is 1. The summed E-state index contributed by atoms with van der Waals surface area (Å²) in [4.78, 5) is 14.0. The van der Waals surface area contributed by atoms with Gasteiger partial charge in [0, 0.05) is 7.11 Å². The molecular weight excluding hydrogens is 322 g/mol. The fourth-order valence-corrected chi connectivity index (χ4v) is 2.71. The summed E-state index contributed by atoms with van der Waals surface area (Å²) < 4.78 is 22.4. The summed E-state index contributed by atoms with van der Waals surface area (Å²) in [6.07, 6.45) is -0.705. The van der Waals surface area contributed by atoms with Crippen molar-refractivity contribution in [3.8, 4) is 0 Å². The van der Waals surface area contributed by atoms with Crippen molar-refractivity contribution in [1.82, 2.24) is 4.90 Å². The first kappa shape index (κ1) is 19.7. The van der Waals surface area contributed by atoms with Gasteiger partial charge in [0.2, 0.25) is 0 Å². The standard InChI is InChI=1S/C19H29NO5/c1-19(2,3)25-17-13-20(12-16(17)23-11-10-22-4)18(21)24-14-15-8-6-5-7-9-15/h5-9,16-17H,10-14H2,1-4H3. The Kier molecular flexibility index (Phi) is 7.23. The molecule has 1 aromatic rings. The van der Waals surface area contributed by atoms with E-state index in [9.17, 15) is 4.79 Å². The van der Waals surface area contributed by atoms with Crippen LogP contribution in [0.15, 0.2) is 30.3 Å². The molecule has 0 radical (unpaired) electrons. The Labute approximate surface area is 150 Å². The largest absolute Gasteiger partial charge is 0.445 e. The van der Waals surface area contributed by atoms with Crippen LogP contribution in [0.25, 0.3) is 0 Å². The Morgan fingerprint density at radius 1 is 1.12 bits per heavy atom. The predicted molar refractivity (Wildman–Crippen MR) is 94.4 cm³/mol. The summed E-state index contributed by atoms with van der Waals surface area (Å²) in [5.41, 5.74) is 0.655. The van der Waals surface area contributed by atoms with Crippen LogP contribution in [-0.2, 0) is 25.6 Å². The number of rotatable bonds is 7. The summed E-state index contributed by atoms with van der Waals surface area (Å²) in [5, 5.41) is 0. The maximum atomic E-state index is 12.4. The first-order chi connectivity index (χ1) is 11.9. The van der Waals surface area contributed by atoms with Crippen LogP contribution in [0.1, 0.15) is 26.3 Å². The second kappa shape index (κ2) is 9.17. The second-order valence-electron chi connectivity index (χ2n) is 7.12. The molecule has 0 spiro atoms. The van der Waals surface area contributed by atoms with Gasteiger partial charge in [0.1, 0.15) is 18.8 Å². The molecule has 140 valence electrons. The Morgan fingerprint density at radius 3 is 2.44 bits per heavy atom. The molecule has 2 unspecified atom stereocenters. The molecule has 25 heavy (non-hydrogen) atoms. The van der Waals surface area contributed by atoms with E-state index in [1.54, 1.807) is 12.0 Å². The third-order valence-corrected chi connectivity index (χ3v) is 3.80. The SMILES string of the molecule is COCCOC1CN(C(=O)OCc2ccccc2)CC1OC(C)(C)C. The monoisotopic (exact) mass is 351 g/mol. The molecule has 0 aromatic heterocycles. The normalized spacial score (nSPS) is 20.7. The van der Waals surface area contributed by atoms with Gasteiger partial charge in [-0.2, -0.15) is 0 Å². The minimum atomic E-state index is -0.343. The lowest BCUT2D eigenvalue weighted by Crippen LogP contribution is -2.37. The maximum Gasteiger partial charge on any atom is 0.410 e. The van der Waals surface area contributed by atoms with Crippen LogP contribution in [0.5, 0.6) is 0 Å². The summed E-state index contributed by atoms with van der Waals surface area (Å²) in [5.74, 6) is 0. The van der Waals surface area contributed by atoms with Crippen molar-refractivity contribution in [2.75, 3.05) is 33.4 Å². The van der Waals surface area contributed by atoms with Crippen molar-refractivity contribution in [1.29, 1.82) is 0 Å². The van der Waals surface area contributed by atoms with E-state index in [-0.39, 0.29) is 30.5 Å². The van der Waals surface area contributed by atoms with Crippen molar-refractivity contribution >= 4 is 6.09 Å². The molecule has 0 saturated carbocycles. The van der Waals surface area contributed by atoms with E-state index < -0.39 is 0 Å². The number of amides is 1. The Hall–Kier alpha value is -1.63. The Bertz CT molecular complexity index is 528. The highest BCUT2D eigenvalue weighted by Crippen LogP contribution is 2.23. The van der Waals surface area contributed by atoms with E-state index in [1.807, 2.05) is 51.1 Å². The lowest BCUT2D eigenvalue weighted by Gasteiger charge is -2.28. The molecule has 1 heterocycles. The van der Waals surface area contributed by atoms with Crippen LogP contribution in [0.2, 0.25) is 0 Å². The van der Waals surface area contributed by atoms with Crippen LogP contribution in [0.3, 0.4) is 0 Å². The fourth-order valence-electron chi connectivity index (χ4n) is 2.71. The topological polar surface area (TPSA) is 57.2 Å². The molecule has 1 aliphatic rings. The van der Waals surface area contributed by atoms with Gasteiger partial charge in [0.25, 0.3) is 0 Å². The minimum Gasteiger partial charge on any atom is -0.445 e. The quantitative estimate of drug-likeness (QED) is 0.707. The minimum absolute atomic E-state index is 0.180. The number of carbonyl (C=O) groups excluding carboxylic acids is 1. The number of likely N-dealkylation sites (tertiary alicyclic amines) is 1. The van der Waals surface area contributed by atoms with Crippen LogP contribution in [0, 0.1) is 0 Å². The number of ether oxygens (including phenoxy) is 4. The van der Waals surface area contributed by atoms with Gasteiger partial charge in [0.05, 0.1) is 31.9 Å². The molecule has 0 bridgehead atoms. The summed E-state index contributed by atoms with van der Waals surface area (Å²) in [6, 6.07) is 9.64. The number of nitrogens with zero attached hydrogens (tertiary/aromatic N) is 1. The van der Waals surface area contributed by atoms with Gasteiger partial charge in [-0.15, -0.1) is 0 Å². The highest BCUT2D eigenvalue weighted by Gasteiger charge is 2.39. The van der Waals surface area contributed by atoms with Crippen LogP contribution in [0.4, 0.5) is 4.79 Å². The Balaban J connectivity index is 1.90. The van der Waals surface area contributed by atoms with Crippen molar-refractivity contribution in [2.24, 2.45) is 0 Å². The first-order valence-electron chi connectivity index (χ1n) is 8.63. The van der Waals surface area contributed by atoms with Crippen LogP contribution < -0.4 is 0 Å². The van der Waals surface area contributed by atoms with Gasteiger partial charge in [-0.25, -0.2) is 4.79 Å². The van der Waals surface area contributed by atoms with Gasteiger partial charge >= 0.3 is 6.09 Å². The first-order valence-corrected chi connectivity index (χ1v) is 8.63. The highest BCUT2D eigenvalue weighted by molar-refractivity contribution is 5.68. The molecule has 6 heteroatoms. The zero-order valence-corrected chi connectivity index (χ0v) is 15.6. The molecule has 1 saturated heterocycles. The average Bonchev–Trinajstić information content (AvgIpc) is 2.95. The predicted octanol–water partition coefficient (Wildman–Crippen LogP) is 2.85. The molecule has 1 aromatic carbocycles. The van der Waals surface area contributed by atoms with E-state index in [4.69, 9.17) is 18.9 Å². The van der Waals surface area contributed by atoms with Gasteiger partial charge in [-0.05, 0) is 26.3 Å². The van der Waals surface area contributed by atoms with Crippen molar-refractivity contribution < 1.29 is 23.7 Å². The van der Waals surface area contributed by atoms with Gasteiger partial charge < -0.3 is 23.8 Å². The zero-order chi connectivity index (χ0) is 18.3. The lowest BCUT2D eigenvalue weighted by molar-refractivity contribution is -0.112. The molecule has 0 aliphatic carbocycles. The molecule has 1 fully saturated rings. The summed E-state index contributed by atoms with van der Waals surface area (Å²) in [7, 11) is 1.63.